The van der Waals surface area contributed by atoms with Crippen LogP contribution in [0.5, 0.6) is 0 Å². The van der Waals surface area contributed by atoms with Gasteiger partial charge in [0.2, 0.25) is 5.95 Å². The molecule has 0 amide bonds. The summed E-state index contributed by atoms with van der Waals surface area (Å²) < 4.78 is 0. The number of nitrogen functional groups attached to an aromatic ring is 1. The van der Waals surface area contributed by atoms with Crippen molar-refractivity contribution in [2.75, 3.05) is 23.3 Å². The number of halogens is 1. The summed E-state index contributed by atoms with van der Waals surface area (Å²) in [5.74, 6) is 2.15. The van der Waals surface area contributed by atoms with Crippen molar-refractivity contribution in [3.8, 4) is 0 Å². The number of aromatic nitrogens is 2. The van der Waals surface area contributed by atoms with E-state index in [1.54, 1.807) is 0 Å². The van der Waals surface area contributed by atoms with Gasteiger partial charge in [-0.25, -0.2) is 4.98 Å². The smallest absolute Gasteiger partial charge is 0.222 e. The Morgan fingerprint density at radius 2 is 2.44 bits per heavy atom. The van der Waals surface area contributed by atoms with E-state index < -0.39 is 0 Å². The number of nitrogens with one attached hydrogen (secondary N) is 1. The summed E-state index contributed by atoms with van der Waals surface area (Å²) in [6, 6.07) is 0. The van der Waals surface area contributed by atoms with Gasteiger partial charge in [0.15, 0.2) is 5.82 Å². The molecule has 1 saturated heterocycles. The summed E-state index contributed by atoms with van der Waals surface area (Å²) in [6.45, 7) is 0.890. The lowest BCUT2D eigenvalue weighted by molar-refractivity contribution is 0.677. The lowest BCUT2D eigenvalue weighted by Gasteiger charge is -2.21. The van der Waals surface area contributed by atoms with Crippen molar-refractivity contribution in [1.82, 2.24) is 9.97 Å². The van der Waals surface area contributed by atoms with E-state index in [-0.39, 0.29) is 5.95 Å². The molecule has 2 heterocycles. The zero-order chi connectivity index (χ0) is 11.4. The fourth-order valence-corrected chi connectivity index (χ4v) is 3.08. The van der Waals surface area contributed by atoms with Gasteiger partial charge in [-0.05, 0) is 18.6 Å². The van der Waals surface area contributed by atoms with Crippen molar-refractivity contribution in [2.45, 2.75) is 24.5 Å². The Bertz CT molecular complexity index is 355. The largest absolute Gasteiger partial charge is 0.368 e. The van der Waals surface area contributed by atoms with Gasteiger partial charge in [-0.1, -0.05) is 18.0 Å². The highest BCUT2D eigenvalue weighted by atomic mass is 35.5. The molecule has 4 nitrogen and oxygen atoms in total. The molecule has 6 heteroatoms. The second-order valence-electron chi connectivity index (χ2n) is 3.79. The van der Waals surface area contributed by atoms with Crippen LogP contribution in [0.25, 0.3) is 0 Å². The highest BCUT2D eigenvalue weighted by molar-refractivity contribution is 7.99. The second kappa shape index (κ2) is 5.59. The molecule has 0 aromatic carbocycles. The van der Waals surface area contributed by atoms with E-state index in [0.29, 0.717) is 16.1 Å². The van der Waals surface area contributed by atoms with Gasteiger partial charge in [-0.2, -0.15) is 16.7 Å². The number of hydrogen-bond donors (Lipinski definition) is 2. The topological polar surface area (TPSA) is 63.8 Å². The molecule has 0 saturated carbocycles. The molecule has 16 heavy (non-hydrogen) atoms. The summed E-state index contributed by atoms with van der Waals surface area (Å²) in [7, 11) is 0. The minimum atomic E-state index is 0.253. The molecule has 1 fully saturated rings. The van der Waals surface area contributed by atoms with E-state index in [1.165, 1.54) is 31.2 Å². The van der Waals surface area contributed by atoms with Crippen molar-refractivity contribution >= 4 is 35.1 Å². The van der Waals surface area contributed by atoms with Gasteiger partial charge in [0, 0.05) is 11.8 Å². The molecule has 1 aromatic rings. The zero-order valence-electron chi connectivity index (χ0n) is 8.95. The molecule has 1 unspecified atom stereocenters. The second-order valence-corrected chi connectivity index (χ2v) is 5.61. The third-order valence-electron chi connectivity index (χ3n) is 2.53. The van der Waals surface area contributed by atoms with Gasteiger partial charge in [0.25, 0.3) is 0 Å². The van der Waals surface area contributed by atoms with Crippen LogP contribution < -0.4 is 11.1 Å². The first-order chi connectivity index (χ1) is 7.75. The van der Waals surface area contributed by atoms with Gasteiger partial charge in [-0.15, -0.1) is 0 Å². The minimum Gasteiger partial charge on any atom is -0.368 e. The third-order valence-corrected chi connectivity index (χ3v) is 4.21. The van der Waals surface area contributed by atoms with Crippen LogP contribution in [0.1, 0.15) is 19.3 Å². The molecular formula is C10H15ClN4S. The Kier molecular flexibility index (Phi) is 4.12. The average molecular weight is 259 g/mol. The van der Waals surface area contributed by atoms with Crippen LogP contribution in [0.4, 0.5) is 11.8 Å². The Labute approximate surface area is 104 Å². The van der Waals surface area contributed by atoms with Gasteiger partial charge in [0.05, 0.1) is 6.20 Å². The normalized spacial score (nSPS) is 20.7. The number of rotatable bonds is 3. The van der Waals surface area contributed by atoms with E-state index in [1.807, 2.05) is 11.8 Å². The molecule has 1 aliphatic heterocycles. The van der Waals surface area contributed by atoms with E-state index >= 15 is 0 Å². The lowest BCUT2D eigenvalue weighted by Crippen LogP contribution is -2.20. The molecule has 3 N–H and O–H groups in total. The summed E-state index contributed by atoms with van der Waals surface area (Å²) in [5.41, 5.74) is 5.51. The minimum absolute atomic E-state index is 0.253. The molecule has 0 bridgehead atoms. The Balaban J connectivity index is 1.90. The van der Waals surface area contributed by atoms with Gasteiger partial charge >= 0.3 is 0 Å². The van der Waals surface area contributed by atoms with Crippen LogP contribution in [0.3, 0.4) is 0 Å². The molecule has 0 radical (unpaired) electrons. The maximum atomic E-state index is 5.96. The van der Waals surface area contributed by atoms with Crippen LogP contribution >= 0.6 is 23.4 Å². The zero-order valence-corrected chi connectivity index (χ0v) is 10.5. The molecule has 0 spiro atoms. The van der Waals surface area contributed by atoms with E-state index in [9.17, 15) is 0 Å². The number of nitrogens with two attached hydrogens (primary N) is 1. The number of anilines is 2. The van der Waals surface area contributed by atoms with Crippen molar-refractivity contribution < 1.29 is 0 Å². The quantitative estimate of drug-likeness (QED) is 0.872. The maximum Gasteiger partial charge on any atom is 0.222 e. The molecule has 1 atom stereocenters. The summed E-state index contributed by atoms with van der Waals surface area (Å²) >= 11 is 7.98. The molecule has 1 aliphatic rings. The van der Waals surface area contributed by atoms with Crippen molar-refractivity contribution in [3.05, 3.63) is 11.2 Å². The fraction of sp³-hybridized carbons (Fsp3) is 0.600. The number of hydrogen-bond acceptors (Lipinski definition) is 5. The summed E-state index contributed by atoms with van der Waals surface area (Å²) in [4.78, 5) is 7.90. The molecule has 1 aromatic heterocycles. The lowest BCUT2D eigenvalue weighted by atomic mass is 10.2. The Morgan fingerprint density at radius 1 is 1.56 bits per heavy atom. The number of thioether (sulfide) groups is 1. The van der Waals surface area contributed by atoms with Gasteiger partial charge < -0.3 is 11.1 Å². The van der Waals surface area contributed by atoms with Crippen LogP contribution in [0.2, 0.25) is 5.02 Å². The molecule has 0 aliphatic carbocycles. The first kappa shape index (κ1) is 11.8. The van der Waals surface area contributed by atoms with Gasteiger partial charge in [0.1, 0.15) is 5.02 Å². The highest BCUT2D eigenvalue weighted by Gasteiger charge is 2.14. The van der Waals surface area contributed by atoms with Crippen LogP contribution in [-0.4, -0.2) is 27.5 Å². The SMILES string of the molecule is Nc1ncc(Cl)c(NCC2CCCCS2)n1. The predicted octanol–water partition coefficient (Wildman–Crippen LogP) is 2.41. The fourth-order valence-electron chi connectivity index (χ4n) is 1.68. The monoisotopic (exact) mass is 258 g/mol. The molecule has 88 valence electrons. The van der Waals surface area contributed by atoms with Crippen LogP contribution in [0, 0.1) is 0 Å². The maximum absolute atomic E-state index is 5.96. The standard InChI is InChI=1S/C10H15ClN4S/c11-8-6-14-10(12)15-9(8)13-5-7-3-1-2-4-16-7/h6-7H,1-5H2,(H3,12,13,14,15). The third kappa shape index (κ3) is 3.15. The number of nitrogens with zero attached hydrogens (tertiary/aromatic N) is 2. The van der Waals surface area contributed by atoms with Crippen molar-refractivity contribution in [1.29, 1.82) is 0 Å². The van der Waals surface area contributed by atoms with Crippen LogP contribution in [0.15, 0.2) is 6.20 Å². The summed E-state index contributed by atoms with van der Waals surface area (Å²) in [6.07, 6.45) is 5.44. The molecule has 2 rings (SSSR count). The molecular weight excluding hydrogens is 244 g/mol. The van der Waals surface area contributed by atoms with E-state index in [4.69, 9.17) is 17.3 Å². The van der Waals surface area contributed by atoms with E-state index in [0.717, 1.165) is 6.54 Å². The van der Waals surface area contributed by atoms with Crippen LogP contribution in [-0.2, 0) is 0 Å². The first-order valence-corrected chi connectivity index (χ1v) is 6.82. The predicted molar refractivity (Wildman–Crippen MR) is 70.0 cm³/mol. The highest BCUT2D eigenvalue weighted by Crippen LogP contribution is 2.26. The summed E-state index contributed by atoms with van der Waals surface area (Å²) in [5, 5.41) is 4.42. The Hall–Kier alpha value is -0.680. The Morgan fingerprint density at radius 3 is 3.19 bits per heavy atom. The van der Waals surface area contributed by atoms with Gasteiger partial charge in [-0.3, -0.25) is 0 Å². The van der Waals surface area contributed by atoms with E-state index in [2.05, 4.69) is 15.3 Å². The van der Waals surface area contributed by atoms with Crippen molar-refractivity contribution in [3.63, 3.8) is 0 Å². The average Bonchev–Trinajstić information content (AvgIpc) is 2.32. The first-order valence-electron chi connectivity index (χ1n) is 5.39. The van der Waals surface area contributed by atoms with Crippen molar-refractivity contribution in [2.24, 2.45) is 0 Å².